The monoisotopic (exact) mass is 273 g/mol. The molecule has 1 aromatic heterocycles. The largest absolute Gasteiger partial charge is 0.495 e. The third kappa shape index (κ3) is 2.48. The smallest absolute Gasteiger partial charge is 0.247 e. The van der Waals surface area contributed by atoms with Crippen LogP contribution in [0.15, 0.2) is 22.6 Å². The lowest BCUT2D eigenvalue weighted by atomic mass is 9.89. The number of benzene rings is 1. The van der Waals surface area contributed by atoms with Crippen molar-refractivity contribution < 1.29 is 9.15 Å². The minimum absolute atomic E-state index is 0.417. The van der Waals surface area contributed by atoms with Crippen LogP contribution in [0, 0.1) is 0 Å². The molecule has 3 rings (SSSR count). The topological polar surface area (TPSA) is 74.2 Å². The molecular formula is C15H19N3O2. The van der Waals surface area contributed by atoms with Gasteiger partial charge in [0, 0.05) is 11.5 Å². The maximum atomic E-state index is 5.83. The molecule has 20 heavy (non-hydrogen) atoms. The van der Waals surface area contributed by atoms with E-state index in [9.17, 15) is 0 Å². The van der Waals surface area contributed by atoms with Gasteiger partial charge in [0.2, 0.25) is 11.8 Å². The van der Waals surface area contributed by atoms with Gasteiger partial charge in [-0.15, -0.1) is 10.2 Å². The van der Waals surface area contributed by atoms with Crippen molar-refractivity contribution in [3.8, 4) is 17.2 Å². The highest BCUT2D eigenvalue weighted by molar-refractivity contribution is 5.64. The maximum Gasteiger partial charge on any atom is 0.247 e. The second-order valence-corrected chi connectivity index (χ2v) is 5.24. The zero-order valence-electron chi connectivity index (χ0n) is 11.6. The lowest BCUT2D eigenvalue weighted by Crippen LogP contribution is -2.04. The van der Waals surface area contributed by atoms with E-state index in [1.807, 2.05) is 12.1 Å². The molecule has 2 aromatic rings. The van der Waals surface area contributed by atoms with Gasteiger partial charge in [-0.25, -0.2) is 0 Å². The average molecular weight is 273 g/mol. The summed E-state index contributed by atoms with van der Waals surface area (Å²) in [5, 5.41) is 8.36. The molecule has 1 heterocycles. The van der Waals surface area contributed by atoms with Crippen molar-refractivity contribution >= 4 is 5.69 Å². The summed E-state index contributed by atoms with van der Waals surface area (Å²) in [6.07, 6.45) is 6.10. The van der Waals surface area contributed by atoms with Crippen molar-refractivity contribution in [3.05, 3.63) is 24.1 Å². The van der Waals surface area contributed by atoms with Gasteiger partial charge in [0.05, 0.1) is 12.8 Å². The van der Waals surface area contributed by atoms with E-state index in [1.165, 1.54) is 19.3 Å². The Kier molecular flexibility index (Phi) is 3.58. The van der Waals surface area contributed by atoms with E-state index in [4.69, 9.17) is 14.9 Å². The third-order valence-corrected chi connectivity index (χ3v) is 3.88. The van der Waals surface area contributed by atoms with Crippen LogP contribution in [-0.4, -0.2) is 17.3 Å². The fraction of sp³-hybridized carbons (Fsp3) is 0.467. The van der Waals surface area contributed by atoms with Crippen molar-refractivity contribution in [2.24, 2.45) is 0 Å². The number of aromatic nitrogens is 2. The number of rotatable bonds is 3. The molecule has 0 spiro atoms. The first-order valence-electron chi connectivity index (χ1n) is 7.05. The summed E-state index contributed by atoms with van der Waals surface area (Å²) in [4.78, 5) is 0. The first-order valence-corrected chi connectivity index (χ1v) is 7.05. The molecule has 5 nitrogen and oxygen atoms in total. The van der Waals surface area contributed by atoms with Gasteiger partial charge in [-0.3, -0.25) is 0 Å². The van der Waals surface area contributed by atoms with Crippen LogP contribution >= 0.6 is 0 Å². The van der Waals surface area contributed by atoms with E-state index < -0.39 is 0 Å². The van der Waals surface area contributed by atoms with Gasteiger partial charge >= 0.3 is 0 Å². The lowest BCUT2D eigenvalue weighted by Gasteiger charge is -2.17. The minimum Gasteiger partial charge on any atom is -0.495 e. The second kappa shape index (κ2) is 5.53. The Balaban J connectivity index is 1.85. The van der Waals surface area contributed by atoms with Gasteiger partial charge < -0.3 is 14.9 Å². The zero-order valence-corrected chi connectivity index (χ0v) is 11.6. The van der Waals surface area contributed by atoms with Gasteiger partial charge in [-0.1, -0.05) is 19.3 Å². The Labute approximate surface area is 118 Å². The van der Waals surface area contributed by atoms with Gasteiger partial charge in [-0.2, -0.15) is 0 Å². The van der Waals surface area contributed by atoms with Gasteiger partial charge in [0.15, 0.2) is 0 Å². The van der Waals surface area contributed by atoms with E-state index in [-0.39, 0.29) is 0 Å². The highest BCUT2D eigenvalue weighted by atomic mass is 16.5. The van der Waals surface area contributed by atoms with Crippen molar-refractivity contribution in [3.63, 3.8) is 0 Å². The summed E-state index contributed by atoms with van der Waals surface area (Å²) in [7, 11) is 1.59. The van der Waals surface area contributed by atoms with Crippen molar-refractivity contribution in [1.82, 2.24) is 10.2 Å². The molecule has 0 unspecified atom stereocenters. The van der Waals surface area contributed by atoms with E-state index in [1.54, 1.807) is 13.2 Å². The lowest BCUT2D eigenvalue weighted by molar-refractivity contribution is 0.367. The van der Waals surface area contributed by atoms with Crippen LogP contribution in [0.3, 0.4) is 0 Å². The standard InChI is InChI=1S/C15H19N3O2/c1-19-13-9-11(7-8-12(13)16)15-18-17-14(20-15)10-5-3-2-4-6-10/h7-10H,2-6,16H2,1H3. The summed E-state index contributed by atoms with van der Waals surface area (Å²) < 4.78 is 11.0. The number of hydrogen-bond acceptors (Lipinski definition) is 5. The van der Waals surface area contributed by atoms with Crippen LogP contribution in [-0.2, 0) is 0 Å². The van der Waals surface area contributed by atoms with Crippen molar-refractivity contribution in [1.29, 1.82) is 0 Å². The van der Waals surface area contributed by atoms with Crippen molar-refractivity contribution in [2.75, 3.05) is 12.8 Å². The van der Waals surface area contributed by atoms with Crippen LogP contribution in [0.25, 0.3) is 11.5 Å². The predicted octanol–water partition coefficient (Wildman–Crippen LogP) is 3.38. The normalized spacial score (nSPS) is 16.2. The maximum absolute atomic E-state index is 5.83. The first-order chi connectivity index (χ1) is 9.78. The molecule has 1 aromatic carbocycles. The molecule has 0 radical (unpaired) electrons. The van der Waals surface area contributed by atoms with Gasteiger partial charge in [0.1, 0.15) is 5.75 Å². The van der Waals surface area contributed by atoms with E-state index in [0.717, 1.165) is 24.3 Å². The SMILES string of the molecule is COc1cc(-c2nnc(C3CCCCC3)o2)ccc1N. The zero-order chi connectivity index (χ0) is 13.9. The Bertz CT molecular complexity index is 589. The van der Waals surface area contributed by atoms with E-state index in [0.29, 0.717) is 23.2 Å². The summed E-state index contributed by atoms with van der Waals surface area (Å²) in [5.41, 5.74) is 7.25. The molecule has 0 aliphatic heterocycles. The van der Waals surface area contributed by atoms with Crippen LogP contribution in [0.5, 0.6) is 5.75 Å². The van der Waals surface area contributed by atoms with E-state index >= 15 is 0 Å². The summed E-state index contributed by atoms with van der Waals surface area (Å²) in [6, 6.07) is 5.49. The molecule has 1 aliphatic carbocycles. The number of nitrogen functional groups attached to an aromatic ring is 1. The van der Waals surface area contributed by atoms with Gasteiger partial charge in [-0.05, 0) is 31.0 Å². The number of nitrogens with zero attached hydrogens (tertiary/aromatic N) is 2. The summed E-state index contributed by atoms with van der Waals surface area (Å²) >= 11 is 0. The van der Waals surface area contributed by atoms with Crippen LogP contribution < -0.4 is 10.5 Å². The molecule has 1 aliphatic rings. The molecule has 5 heteroatoms. The molecular weight excluding hydrogens is 254 g/mol. The minimum atomic E-state index is 0.417. The third-order valence-electron chi connectivity index (χ3n) is 3.88. The molecule has 0 atom stereocenters. The predicted molar refractivity (Wildman–Crippen MR) is 76.5 cm³/mol. The molecule has 0 saturated heterocycles. The molecule has 2 N–H and O–H groups in total. The van der Waals surface area contributed by atoms with Crippen LogP contribution in [0.2, 0.25) is 0 Å². The number of nitrogens with two attached hydrogens (primary N) is 1. The number of methoxy groups -OCH3 is 1. The molecule has 0 amide bonds. The highest BCUT2D eigenvalue weighted by Gasteiger charge is 2.21. The van der Waals surface area contributed by atoms with E-state index in [2.05, 4.69) is 10.2 Å². The fourth-order valence-electron chi connectivity index (χ4n) is 2.71. The number of ether oxygens (including phenoxy) is 1. The Morgan fingerprint density at radius 2 is 2.00 bits per heavy atom. The number of anilines is 1. The second-order valence-electron chi connectivity index (χ2n) is 5.24. The van der Waals surface area contributed by atoms with Crippen LogP contribution in [0.4, 0.5) is 5.69 Å². The Hall–Kier alpha value is -2.04. The number of hydrogen-bond donors (Lipinski definition) is 1. The molecule has 1 fully saturated rings. The summed E-state index contributed by atoms with van der Waals surface area (Å²) in [5.74, 6) is 2.33. The molecule has 106 valence electrons. The summed E-state index contributed by atoms with van der Waals surface area (Å²) in [6.45, 7) is 0. The Morgan fingerprint density at radius 1 is 1.20 bits per heavy atom. The molecule has 0 bridgehead atoms. The first kappa shape index (κ1) is 13.0. The fourth-order valence-corrected chi connectivity index (χ4v) is 2.71. The molecule has 1 saturated carbocycles. The van der Waals surface area contributed by atoms with Crippen LogP contribution in [0.1, 0.15) is 43.9 Å². The van der Waals surface area contributed by atoms with Crippen molar-refractivity contribution in [2.45, 2.75) is 38.0 Å². The van der Waals surface area contributed by atoms with Gasteiger partial charge in [0.25, 0.3) is 0 Å². The quantitative estimate of drug-likeness (QED) is 0.868. The highest BCUT2D eigenvalue weighted by Crippen LogP contribution is 2.34. The Morgan fingerprint density at radius 3 is 2.75 bits per heavy atom. The average Bonchev–Trinajstić information content (AvgIpc) is 2.98.